The highest BCUT2D eigenvalue weighted by atomic mass is 127. The highest BCUT2D eigenvalue weighted by molar-refractivity contribution is 14.0. The van der Waals surface area contributed by atoms with Gasteiger partial charge in [-0.05, 0) is 70.0 Å². The van der Waals surface area contributed by atoms with Gasteiger partial charge in [-0.15, -0.1) is 24.0 Å². The summed E-state index contributed by atoms with van der Waals surface area (Å²) in [7, 11) is 4.16. The fourth-order valence-electron chi connectivity index (χ4n) is 3.96. The highest BCUT2D eigenvalue weighted by Gasteiger charge is 2.25. The van der Waals surface area contributed by atoms with E-state index in [1.54, 1.807) is 0 Å². The number of halogens is 1. The Hall–Kier alpha value is -0.0400. The van der Waals surface area contributed by atoms with Crippen molar-refractivity contribution in [3.63, 3.8) is 0 Å². The van der Waals surface area contributed by atoms with Gasteiger partial charge in [-0.3, -0.25) is 4.99 Å². The first-order chi connectivity index (χ1) is 10.6. The molecule has 2 aliphatic heterocycles. The fourth-order valence-corrected chi connectivity index (χ4v) is 3.96. The number of nitrogens with zero attached hydrogens (tertiary/aromatic N) is 3. The van der Waals surface area contributed by atoms with Crippen molar-refractivity contribution < 1.29 is 0 Å². The van der Waals surface area contributed by atoms with E-state index in [-0.39, 0.29) is 24.0 Å². The predicted molar refractivity (Wildman–Crippen MR) is 111 cm³/mol. The SMILES string of the molecule is CN=C(NCCC1CCN(C)CC1)N1CCC(CC(C)C)C1.I. The van der Waals surface area contributed by atoms with Gasteiger partial charge >= 0.3 is 0 Å². The predicted octanol–water partition coefficient (Wildman–Crippen LogP) is 3.28. The molecule has 0 spiro atoms. The van der Waals surface area contributed by atoms with Crippen molar-refractivity contribution in [3.8, 4) is 0 Å². The quantitative estimate of drug-likeness (QED) is 0.408. The van der Waals surface area contributed by atoms with Crippen molar-refractivity contribution in [3.05, 3.63) is 0 Å². The third-order valence-corrected chi connectivity index (χ3v) is 5.28. The van der Waals surface area contributed by atoms with Crippen LogP contribution in [0.3, 0.4) is 0 Å². The van der Waals surface area contributed by atoms with Crippen LogP contribution >= 0.6 is 24.0 Å². The number of rotatable bonds is 5. The van der Waals surface area contributed by atoms with Gasteiger partial charge in [0.1, 0.15) is 0 Å². The minimum atomic E-state index is 0. The van der Waals surface area contributed by atoms with Crippen LogP contribution in [0.2, 0.25) is 0 Å². The van der Waals surface area contributed by atoms with Crippen LogP contribution in [-0.4, -0.2) is 62.6 Å². The minimum absolute atomic E-state index is 0. The smallest absolute Gasteiger partial charge is 0.193 e. The lowest BCUT2D eigenvalue weighted by Gasteiger charge is -2.29. The van der Waals surface area contributed by atoms with Crippen molar-refractivity contribution in [2.75, 3.05) is 46.8 Å². The topological polar surface area (TPSA) is 30.9 Å². The monoisotopic (exact) mass is 436 g/mol. The van der Waals surface area contributed by atoms with Crippen molar-refractivity contribution >= 4 is 29.9 Å². The first-order valence-corrected chi connectivity index (χ1v) is 9.22. The van der Waals surface area contributed by atoms with Crippen LogP contribution in [0.1, 0.15) is 46.0 Å². The molecule has 0 radical (unpaired) electrons. The Bertz CT molecular complexity index is 351. The maximum atomic E-state index is 4.50. The Labute approximate surface area is 160 Å². The molecule has 0 aromatic heterocycles. The molecule has 5 heteroatoms. The number of likely N-dealkylation sites (tertiary alicyclic amines) is 2. The van der Waals surface area contributed by atoms with Crippen molar-refractivity contribution in [2.24, 2.45) is 22.7 Å². The number of hydrogen-bond donors (Lipinski definition) is 1. The maximum Gasteiger partial charge on any atom is 0.193 e. The largest absolute Gasteiger partial charge is 0.356 e. The standard InChI is InChI=1S/C18H36N4.HI/c1-15(2)13-17-8-12-22(14-17)18(19-3)20-9-5-16-6-10-21(4)11-7-16;/h15-17H,5-14H2,1-4H3,(H,19,20);1H. The Kier molecular flexibility index (Phi) is 9.82. The average molecular weight is 436 g/mol. The van der Waals surface area contributed by atoms with Gasteiger partial charge in [0.25, 0.3) is 0 Å². The van der Waals surface area contributed by atoms with Gasteiger partial charge in [-0.2, -0.15) is 0 Å². The molecule has 1 unspecified atom stereocenters. The summed E-state index contributed by atoms with van der Waals surface area (Å²) >= 11 is 0. The van der Waals surface area contributed by atoms with Gasteiger partial charge in [0.05, 0.1) is 0 Å². The second kappa shape index (κ2) is 10.7. The summed E-state index contributed by atoms with van der Waals surface area (Å²) in [5.41, 5.74) is 0. The van der Waals surface area contributed by atoms with Crippen LogP contribution < -0.4 is 5.32 Å². The molecule has 1 atom stereocenters. The fraction of sp³-hybridized carbons (Fsp3) is 0.944. The van der Waals surface area contributed by atoms with Gasteiger partial charge in [-0.1, -0.05) is 13.8 Å². The molecule has 0 aromatic carbocycles. The molecule has 0 saturated carbocycles. The van der Waals surface area contributed by atoms with E-state index in [4.69, 9.17) is 0 Å². The van der Waals surface area contributed by atoms with E-state index in [1.807, 2.05) is 7.05 Å². The molecule has 0 aromatic rings. The van der Waals surface area contributed by atoms with Crippen LogP contribution in [0.5, 0.6) is 0 Å². The zero-order valence-corrected chi connectivity index (χ0v) is 17.9. The van der Waals surface area contributed by atoms with E-state index >= 15 is 0 Å². The molecule has 4 nitrogen and oxygen atoms in total. The molecule has 2 heterocycles. The molecule has 0 bridgehead atoms. The number of piperidine rings is 1. The molecule has 0 amide bonds. The molecule has 136 valence electrons. The van der Waals surface area contributed by atoms with E-state index in [2.05, 4.69) is 41.0 Å². The molecular formula is C18H37IN4. The molecule has 2 fully saturated rings. The Morgan fingerprint density at radius 2 is 1.78 bits per heavy atom. The number of guanidine groups is 1. The van der Waals surface area contributed by atoms with E-state index in [9.17, 15) is 0 Å². The molecule has 2 saturated heterocycles. The normalized spacial score (nSPS) is 24.1. The second-order valence-corrected chi connectivity index (χ2v) is 7.74. The lowest BCUT2D eigenvalue weighted by molar-refractivity contribution is 0.212. The number of nitrogens with one attached hydrogen (secondary N) is 1. The van der Waals surface area contributed by atoms with Crippen molar-refractivity contribution in [1.29, 1.82) is 0 Å². The lowest BCUT2D eigenvalue weighted by atomic mass is 9.94. The summed E-state index contributed by atoms with van der Waals surface area (Å²) in [5, 5.41) is 3.61. The molecule has 1 N–H and O–H groups in total. The summed E-state index contributed by atoms with van der Waals surface area (Å²) in [4.78, 5) is 9.41. The molecule has 2 aliphatic rings. The summed E-state index contributed by atoms with van der Waals surface area (Å²) < 4.78 is 0. The summed E-state index contributed by atoms with van der Waals surface area (Å²) in [6.07, 6.45) is 6.68. The van der Waals surface area contributed by atoms with Crippen molar-refractivity contribution in [1.82, 2.24) is 15.1 Å². The Morgan fingerprint density at radius 1 is 1.13 bits per heavy atom. The first kappa shape index (κ1) is 21.0. The van der Waals surface area contributed by atoms with Crippen LogP contribution in [0, 0.1) is 17.8 Å². The zero-order chi connectivity index (χ0) is 15.9. The molecule has 23 heavy (non-hydrogen) atoms. The number of aliphatic imine (C=N–C) groups is 1. The third-order valence-electron chi connectivity index (χ3n) is 5.28. The van der Waals surface area contributed by atoms with Crippen LogP contribution in [0.25, 0.3) is 0 Å². The zero-order valence-electron chi connectivity index (χ0n) is 15.6. The molecule has 2 rings (SSSR count). The van der Waals surface area contributed by atoms with E-state index in [0.717, 1.165) is 30.3 Å². The van der Waals surface area contributed by atoms with E-state index < -0.39 is 0 Å². The van der Waals surface area contributed by atoms with E-state index in [1.165, 1.54) is 58.3 Å². The van der Waals surface area contributed by atoms with Gasteiger partial charge in [0, 0.05) is 26.7 Å². The lowest BCUT2D eigenvalue weighted by Crippen LogP contribution is -2.41. The maximum absolute atomic E-state index is 4.50. The summed E-state index contributed by atoms with van der Waals surface area (Å²) in [5.74, 6) is 3.69. The molecular weight excluding hydrogens is 399 g/mol. The Balaban J connectivity index is 0.00000264. The van der Waals surface area contributed by atoms with Crippen LogP contribution in [-0.2, 0) is 0 Å². The van der Waals surface area contributed by atoms with Gasteiger partial charge < -0.3 is 15.1 Å². The highest BCUT2D eigenvalue weighted by Crippen LogP contribution is 2.23. The van der Waals surface area contributed by atoms with Gasteiger partial charge in [-0.25, -0.2) is 0 Å². The van der Waals surface area contributed by atoms with Gasteiger partial charge in [0.2, 0.25) is 0 Å². The number of hydrogen-bond acceptors (Lipinski definition) is 2. The Morgan fingerprint density at radius 3 is 2.39 bits per heavy atom. The van der Waals surface area contributed by atoms with Gasteiger partial charge in [0.15, 0.2) is 5.96 Å². The van der Waals surface area contributed by atoms with Crippen molar-refractivity contribution in [2.45, 2.75) is 46.0 Å². The van der Waals surface area contributed by atoms with Crippen LogP contribution in [0.15, 0.2) is 4.99 Å². The summed E-state index contributed by atoms with van der Waals surface area (Å²) in [6.45, 7) is 10.6. The second-order valence-electron chi connectivity index (χ2n) is 7.74. The average Bonchev–Trinajstić information content (AvgIpc) is 2.93. The summed E-state index contributed by atoms with van der Waals surface area (Å²) in [6, 6.07) is 0. The van der Waals surface area contributed by atoms with Crippen LogP contribution in [0.4, 0.5) is 0 Å². The van der Waals surface area contributed by atoms with E-state index in [0.29, 0.717) is 0 Å². The third kappa shape index (κ3) is 7.16. The molecule has 0 aliphatic carbocycles. The first-order valence-electron chi connectivity index (χ1n) is 9.22. The minimum Gasteiger partial charge on any atom is -0.356 e.